The van der Waals surface area contributed by atoms with Gasteiger partial charge in [-0.25, -0.2) is 0 Å². The Morgan fingerprint density at radius 1 is 1.12 bits per heavy atom. The van der Waals surface area contributed by atoms with Crippen molar-refractivity contribution in [2.45, 2.75) is 20.4 Å². The third-order valence-corrected chi connectivity index (χ3v) is 3.60. The van der Waals surface area contributed by atoms with E-state index in [4.69, 9.17) is 11.6 Å². The molecule has 3 rings (SSSR count). The van der Waals surface area contributed by atoms with Crippen molar-refractivity contribution in [1.29, 1.82) is 0 Å². The van der Waals surface area contributed by atoms with Gasteiger partial charge in [-0.3, -0.25) is 4.79 Å². The number of nitrogens with zero attached hydrogens (tertiary/aromatic N) is 4. The van der Waals surface area contributed by atoms with Crippen LogP contribution in [0.4, 0.5) is 5.69 Å². The highest BCUT2D eigenvalue weighted by Gasteiger charge is 2.10. The minimum Gasteiger partial charge on any atom is -0.324 e. The van der Waals surface area contributed by atoms with Gasteiger partial charge in [0.1, 0.15) is 6.54 Å². The first-order chi connectivity index (χ1) is 11.5. The van der Waals surface area contributed by atoms with Crippen molar-refractivity contribution in [3.63, 3.8) is 0 Å². The van der Waals surface area contributed by atoms with Crippen LogP contribution >= 0.6 is 11.6 Å². The molecule has 0 aliphatic rings. The van der Waals surface area contributed by atoms with E-state index in [1.807, 2.05) is 32.0 Å². The number of anilines is 1. The zero-order valence-corrected chi connectivity index (χ0v) is 14.1. The van der Waals surface area contributed by atoms with Gasteiger partial charge in [0.15, 0.2) is 0 Å². The first-order valence-corrected chi connectivity index (χ1v) is 7.79. The Labute approximate surface area is 144 Å². The zero-order chi connectivity index (χ0) is 17.1. The van der Waals surface area contributed by atoms with E-state index < -0.39 is 0 Å². The van der Waals surface area contributed by atoms with Crippen LogP contribution in [0.1, 0.15) is 11.1 Å². The molecule has 0 fully saturated rings. The van der Waals surface area contributed by atoms with Gasteiger partial charge in [0, 0.05) is 16.3 Å². The van der Waals surface area contributed by atoms with E-state index in [1.54, 1.807) is 24.3 Å². The Bertz CT molecular complexity index is 853. The number of rotatable bonds is 4. The summed E-state index contributed by atoms with van der Waals surface area (Å²) in [6.45, 7) is 3.97. The van der Waals surface area contributed by atoms with Gasteiger partial charge in [0.2, 0.25) is 11.7 Å². The molecule has 0 saturated heterocycles. The van der Waals surface area contributed by atoms with Crippen molar-refractivity contribution in [2.24, 2.45) is 0 Å². The molecular weight excluding hydrogens is 326 g/mol. The molecule has 0 bridgehead atoms. The van der Waals surface area contributed by atoms with Gasteiger partial charge < -0.3 is 5.32 Å². The SMILES string of the molecule is Cc1cc(C)cc(NC(=O)Cn2nnc(-c3ccc(Cl)cc3)n2)c1. The summed E-state index contributed by atoms with van der Waals surface area (Å²) in [6, 6.07) is 13.0. The van der Waals surface area contributed by atoms with Crippen LogP contribution in [0.2, 0.25) is 5.02 Å². The quantitative estimate of drug-likeness (QED) is 0.790. The normalized spacial score (nSPS) is 10.6. The van der Waals surface area contributed by atoms with Crippen LogP contribution in [-0.2, 0) is 11.3 Å². The molecule has 1 aromatic heterocycles. The molecule has 1 heterocycles. The molecule has 6 nitrogen and oxygen atoms in total. The Morgan fingerprint density at radius 2 is 1.79 bits per heavy atom. The predicted molar refractivity (Wildman–Crippen MR) is 92.8 cm³/mol. The third kappa shape index (κ3) is 3.97. The number of aryl methyl sites for hydroxylation is 2. The lowest BCUT2D eigenvalue weighted by Crippen LogP contribution is -2.20. The molecule has 7 heteroatoms. The van der Waals surface area contributed by atoms with Gasteiger partial charge in [-0.1, -0.05) is 17.7 Å². The largest absolute Gasteiger partial charge is 0.324 e. The Balaban J connectivity index is 1.68. The summed E-state index contributed by atoms with van der Waals surface area (Å²) >= 11 is 5.86. The van der Waals surface area contributed by atoms with E-state index in [0.29, 0.717) is 10.8 Å². The fourth-order valence-corrected chi connectivity index (χ4v) is 2.53. The lowest BCUT2D eigenvalue weighted by molar-refractivity contribution is -0.117. The summed E-state index contributed by atoms with van der Waals surface area (Å²) in [5, 5.41) is 15.6. The molecular formula is C17H16ClN5O. The number of amides is 1. The van der Waals surface area contributed by atoms with Crippen LogP contribution < -0.4 is 5.32 Å². The number of hydrogen-bond acceptors (Lipinski definition) is 4. The summed E-state index contributed by atoms with van der Waals surface area (Å²) in [4.78, 5) is 13.4. The molecule has 3 aromatic rings. The maximum Gasteiger partial charge on any atom is 0.248 e. The summed E-state index contributed by atoms with van der Waals surface area (Å²) in [6.07, 6.45) is 0. The average Bonchev–Trinajstić information content (AvgIpc) is 2.95. The number of tetrazole rings is 1. The lowest BCUT2D eigenvalue weighted by Gasteiger charge is -2.06. The van der Waals surface area contributed by atoms with Gasteiger partial charge in [-0.05, 0) is 66.6 Å². The minimum absolute atomic E-state index is 0.00637. The van der Waals surface area contributed by atoms with E-state index in [9.17, 15) is 4.79 Å². The van der Waals surface area contributed by atoms with Crippen LogP contribution in [-0.4, -0.2) is 26.1 Å². The van der Waals surface area contributed by atoms with Gasteiger partial charge in [-0.15, -0.1) is 10.2 Å². The fourth-order valence-electron chi connectivity index (χ4n) is 2.40. The molecule has 0 aliphatic heterocycles. The van der Waals surface area contributed by atoms with Gasteiger partial charge in [0.25, 0.3) is 0 Å². The molecule has 0 radical (unpaired) electrons. The molecule has 2 aromatic carbocycles. The van der Waals surface area contributed by atoms with Crippen molar-refractivity contribution in [2.75, 3.05) is 5.32 Å². The molecule has 1 N–H and O–H groups in total. The van der Waals surface area contributed by atoms with E-state index in [2.05, 4.69) is 20.7 Å². The van der Waals surface area contributed by atoms with Gasteiger partial charge in [0.05, 0.1) is 0 Å². The summed E-state index contributed by atoms with van der Waals surface area (Å²) in [7, 11) is 0. The van der Waals surface area contributed by atoms with Crippen molar-refractivity contribution >= 4 is 23.2 Å². The number of carbonyl (C=O) groups is 1. The third-order valence-electron chi connectivity index (χ3n) is 3.35. The first-order valence-electron chi connectivity index (χ1n) is 7.41. The van der Waals surface area contributed by atoms with Crippen LogP contribution in [0, 0.1) is 13.8 Å². The van der Waals surface area contributed by atoms with Gasteiger partial charge >= 0.3 is 0 Å². The van der Waals surface area contributed by atoms with Crippen molar-refractivity contribution < 1.29 is 4.79 Å². The van der Waals surface area contributed by atoms with Crippen LogP contribution in [0.5, 0.6) is 0 Å². The Morgan fingerprint density at radius 3 is 2.46 bits per heavy atom. The van der Waals surface area contributed by atoms with E-state index in [-0.39, 0.29) is 12.5 Å². The highest BCUT2D eigenvalue weighted by molar-refractivity contribution is 6.30. The topological polar surface area (TPSA) is 72.7 Å². The Hall–Kier alpha value is -2.73. The second-order valence-corrected chi connectivity index (χ2v) is 6.01. The molecule has 122 valence electrons. The number of benzene rings is 2. The second kappa shape index (κ2) is 6.80. The maximum absolute atomic E-state index is 12.1. The highest BCUT2D eigenvalue weighted by Crippen LogP contribution is 2.17. The summed E-state index contributed by atoms with van der Waals surface area (Å²) in [5.74, 6) is 0.242. The number of carbonyl (C=O) groups excluding carboxylic acids is 1. The first kappa shape index (κ1) is 16.1. The van der Waals surface area contributed by atoms with Crippen LogP contribution in [0.15, 0.2) is 42.5 Å². The number of nitrogens with one attached hydrogen (secondary N) is 1. The smallest absolute Gasteiger partial charge is 0.248 e. The van der Waals surface area contributed by atoms with Crippen molar-refractivity contribution in [3.8, 4) is 11.4 Å². The molecule has 0 atom stereocenters. The lowest BCUT2D eigenvalue weighted by atomic mass is 10.1. The number of halogens is 1. The summed E-state index contributed by atoms with van der Waals surface area (Å²) < 4.78 is 0. The van der Waals surface area contributed by atoms with Crippen LogP contribution in [0.3, 0.4) is 0 Å². The maximum atomic E-state index is 12.1. The van der Waals surface area contributed by atoms with E-state index in [0.717, 1.165) is 22.4 Å². The predicted octanol–water partition coefficient (Wildman–Crippen LogP) is 3.25. The zero-order valence-electron chi connectivity index (χ0n) is 13.3. The molecule has 1 amide bonds. The molecule has 0 aliphatic carbocycles. The monoisotopic (exact) mass is 341 g/mol. The standard InChI is InChI=1S/C17H16ClN5O/c1-11-7-12(2)9-15(8-11)19-16(24)10-23-21-17(20-22-23)13-3-5-14(18)6-4-13/h3-9H,10H2,1-2H3,(H,19,24). The Kier molecular flexibility index (Phi) is 4.57. The van der Waals surface area contributed by atoms with Crippen LogP contribution in [0.25, 0.3) is 11.4 Å². The molecule has 0 spiro atoms. The van der Waals surface area contributed by atoms with Crippen molar-refractivity contribution in [1.82, 2.24) is 20.2 Å². The summed E-state index contributed by atoms with van der Waals surface area (Å²) in [5.41, 5.74) is 3.74. The van der Waals surface area contributed by atoms with Gasteiger partial charge in [-0.2, -0.15) is 4.80 Å². The molecule has 24 heavy (non-hydrogen) atoms. The second-order valence-electron chi connectivity index (χ2n) is 5.57. The number of hydrogen-bond donors (Lipinski definition) is 1. The highest BCUT2D eigenvalue weighted by atomic mass is 35.5. The molecule has 0 unspecified atom stereocenters. The number of aromatic nitrogens is 4. The fraction of sp³-hybridized carbons (Fsp3) is 0.176. The van der Waals surface area contributed by atoms with Crippen molar-refractivity contribution in [3.05, 3.63) is 58.6 Å². The average molecular weight is 342 g/mol. The van der Waals surface area contributed by atoms with E-state index in [1.165, 1.54) is 4.80 Å². The molecule has 0 saturated carbocycles. The minimum atomic E-state index is -0.208. The van der Waals surface area contributed by atoms with E-state index >= 15 is 0 Å².